The van der Waals surface area contributed by atoms with Crippen molar-refractivity contribution in [3.05, 3.63) is 75.0 Å². The number of carbonyl (C=O) groups is 2. The Morgan fingerprint density at radius 2 is 1.98 bits per heavy atom. The molecule has 2 aromatic heterocycles. The molecule has 228 valence electrons. The third kappa shape index (κ3) is 7.07. The number of fused-ring (bicyclic) bond motifs is 1. The summed E-state index contributed by atoms with van der Waals surface area (Å²) in [6.07, 6.45) is -1.40. The fourth-order valence-electron chi connectivity index (χ4n) is 4.83. The fourth-order valence-corrected chi connectivity index (χ4v) is 5.87. The van der Waals surface area contributed by atoms with Crippen LogP contribution in [0, 0.1) is 17.1 Å². The number of carbonyl (C=O) groups excluding carboxylic acids is 2. The van der Waals surface area contributed by atoms with Crippen molar-refractivity contribution < 1.29 is 31.9 Å². The molecule has 3 aromatic rings. The van der Waals surface area contributed by atoms with Crippen LogP contribution in [0.2, 0.25) is 0 Å². The second-order valence-corrected chi connectivity index (χ2v) is 12.2. The second-order valence-electron chi connectivity index (χ2n) is 11.1. The van der Waals surface area contributed by atoms with E-state index in [4.69, 9.17) is 4.74 Å². The lowest BCUT2D eigenvalue weighted by molar-refractivity contribution is -0.141. The van der Waals surface area contributed by atoms with Gasteiger partial charge in [-0.25, -0.2) is 9.18 Å². The zero-order valence-electron chi connectivity index (χ0n) is 24.3. The van der Waals surface area contributed by atoms with Gasteiger partial charge in [0, 0.05) is 60.9 Å². The molecule has 1 atom stereocenters. The molecule has 1 aliphatic heterocycles. The number of amides is 2. The molecule has 0 fully saturated rings. The summed E-state index contributed by atoms with van der Waals surface area (Å²) in [5.41, 5.74) is -1.63. The van der Waals surface area contributed by atoms with E-state index in [9.17, 15) is 28.0 Å². The molecule has 2 amide bonds. The number of alkyl halides is 3. The van der Waals surface area contributed by atoms with Crippen molar-refractivity contribution in [1.82, 2.24) is 19.6 Å². The first-order valence-electron chi connectivity index (χ1n) is 13.5. The number of aromatic nitrogens is 2. The molecule has 0 bridgehead atoms. The molecule has 0 radical (unpaired) electrons. The Morgan fingerprint density at radius 3 is 2.60 bits per heavy atom. The van der Waals surface area contributed by atoms with Crippen LogP contribution in [-0.4, -0.2) is 57.3 Å². The monoisotopic (exact) mass is 617 g/mol. The Labute approximate surface area is 250 Å². The summed E-state index contributed by atoms with van der Waals surface area (Å²) < 4.78 is 64.0. The third-order valence-corrected chi connectivity index (χ3v) is 7.81. The van der Waals surface area contributed by atoms with E-state index in [0.717, 1.165) is 10.7 Å². The maximum Gasteiger partial charge on any atom is 0.435 e. The molecular formula is C30H31F4N5O3S. The Balaban J connectivity index is 1.70. The third-order valence-electron chi connectivity index (χ3n) is 6.77. The number of halogens is 4. The normalized spacial score (nSPS) is 15.3. The summed E-state index contributed by atoms with van der Waals surface area (Å²) in [5.74, 6) is -1.99. The molecule has 1 aliphatic rings. The molecule has 0 saturated heterocycles. The van der Waals surface area contributed by atoms with Crippen LogP contribution in [0.5, 0.6) is 0 Å². The SMILES string of the molecule is CCn1cc(-c2c(F)cccc2[C@@H]2CN(C(=O)/C=C/CN(C)C(=O)OC(C)(C)C)Cc3sc(C#N)cc32)c(C(F)(F)F)n1. The predicted molar refractivity (Wildman–Crippen MR) is 153 cm³/mol. The highest BCUT2D eigenvalue weighted by molar-refractivity contribution is 7.12. The molecule has 3 heterocycles. The van der Waals surface area contributed by atoms with Crippen molar-refractivity contribution in [2.45, 2.75) is 58.5 Å². The number of benzene rings is 1. The van der Waals surface area contributed by atoms with E-state index in [1.165, 1.54) is 52.6 Å². The molecule has 1 aromatic carbocycles. The van der Waals surface area contributed by atoms with Gasteiger partial charge in [-0.1, -0.05) is 18.2 Å². The van der Waals surface area contributed by atoms with Crippen LogP contribution in [0.1, 0.15) is 60.2 Å². The van der Waals surface area contributed by atoms with E-state index in [2.05, 4.69) is 11.2 Å². The number of hydrogen-bond acceptors (Lipinski definition) is 6. The summed E-state index contributed by atoms with van der Waals surface area (Å²) in [5, 5.41) is 13.2. The Bertz CT molecular complexity index is 1600. The van der Waals surface area contributed by atoms with Gasteiger partial charge >= 0.3 is 12.3 Å². The number of likely N-dealkylation sites (N-methyl/N-ethyl adjacent to an activating group) is 1. The van der Waals surface area contributed by atoms with Crippen molar-refractivity contribution in [1.29, 1.82) is 5.26 Å². The quantitative estimate of drug-likeness (QED) is 0.231. The van der Waals surface area contributed by atoms with E-state index < -0.39 is 46.8 Å². The number of rotatable bonds is 6. The van der Waals surface area contributed by atoms with Crippen molar-refractivity contribution in [3.8, 4) is 17.2 Å². The van der Waals surface area contributed by atoms with Gasteiger partial charge in [0.15, 0.2) is 5.69 Å². The van der Waals surface area contributed by atoms with E-state index in [1.807, 2.05) is 0 Å². The lowest BCUT2D eigenvalue weighted by atomic mass is 9.83. The van der Waals surface area contributed by atoms with Gasteiger partial charge in [-0.15, -0.1) is 11.3 Å². The maximum absolute atomic E-state index is 15.5. The predicted octanol–water partition coefficient (Wildman–Crippen LogP) is 6.56. The van der Waals surface area contributed by atoms with E-state index in [1.54, 1.807) is 39.8 Å². The fraction of sp³-hybridized carbons (Fsp3) is 0.400. The van der Waals surface area contributed by atoms with Crippen molar-refractivity contribution in [2.75, 3.05) is 20.1 Å². The first-order valence-corrected chi connectivity index (χ1v) is 14.3. The van der Waals surface area contributed by atoms with Crippen LogP contribution in [-0.2, 0) is 28.8 Å². The highest BCUT2D eigenvalue weighted by atomic mass is 32.1. The number of thiophene rings is 1. The Hall–Kier alpha value is -4.18. The number of ether oxygens (including phenoxy) is 1. The van der Waals surface area contributed by atoms with E-state index >= 15 is 4.39 Å². The summed E-state index contributed by atoms with van der Waals surface area (Å²) in [4.78, 5) is 29.4. The van der Waals surface area contributed by atoms with Crippen molar-refractivity contribution in [2.24, 2.45) is 0 Å². The van der Waals surface area contributed by atoms with Crippen molar-refractivity contribution in [3.63, 3.8) is 0 Å². The van der Waals surface area contributed by atoms with Crippen LogP contribution in [0.4, 0.5) is 22.4 Å². The molecule has 0 spiro atoms. The Morgan fingerprint density at radius 1 is 1.26 bits per heavy atom. The van der Waals surface area contributed by atoms with E-state index in [0.29, 0.717) is 15.3 Å². The van der Waals surface area contributed by atoms with Gasteiger partial charge in [-0.2, -0.15) is 23.5 Å². The lowest BCUT2D eigenvalue weighted by Gasteiger charge is -2.33. The first-order chi connectivity index (χ1) is 20.1. The van der Waals surface area contributed by atoms with Gasteiger partial charge in [0.05, 0.1) is 6.54 Å². The number of aryl methyl sites for hydroxylation is 1. The molecule has 0 aliphatic carbocycles. The minimum Gasteiger partial charge on any atom is -0.444 e. The molecule has 43 heavy (non-hydrogen) atoms. The minimum atomic E-state index is -4.83. The first kappa shape index (κ1) is 31.7. The van der Waals surface area contributed by atoms with Gasteiger partial charge in [-0.3, -0.25) is 9.48 Å². The number of hydrogen-bond donors (Lipinski definition) is 0. The summed E-state index contributed by atoms with van der Waals surface area (Å²) in [6, 6.07) is 7.78. The summed E-state index contributed by atoms with van der Waals surface area (Å²) >= 11 is 1.18. The van der Waals surface area contributed by atoms with Crippen molar-refractivity contribution >= 4 is 23.3 Å². The average molecular weight is 618 g/mol. The molecule has 0 saturated carbocycles. The van der Waals surface area contributed by atoms with Gasteiger partial charge in [0.2, 0.25) is 5.91 Å². The lowest BCUT2D eigenvalue weighted by Crippen LogP contribution is -2.37. The topological polar surface area (TPSA) is 91.5 Å². The maximum atomic E-state index is 15.5. The zero-order chi connectivity index (χ0) is 31.7. The summed E-state index contributed by atoms with van der Waals surface area (Å²) in [6.45, 7) is 7.28. The highest BCUT2D eigenvalue weighted by Gasteiger charge is 2.40. The minimum absolute atomic E-state index is 0.0272. The van der Waals surface area contributed by atoms with E-state index in [-0.39, 0.29) is 37.3 Å². The number of nitriles is 1. The standard InChI is InChI=1S/C30H31F4N5O3S/c1-6-39-16-22(27(36-39)30(32,33)34)26-19(9-7-10-23(26)31)21-15-38(17-24-20(21)13-18(14-35)43-24)25(40)11-8-12-37(5)28(41)42-29(2,3)4/h7-11,13,16,21H,6,12,15,17H2,1-5H3/b11-8+/t21-/m0/s1. The van der Waals surface area contributed by atoms with Crippen LogP contribution in [0.3, 0.4) is 0 Å². The molecular weight excluding hydrogens is 586 g/mol. The van der Waals surface area contributed by atoms with Crippen LogP contribution < -0.4 is 0 Å². The van der Waals surface area contributed by atoms with Gasteiger partial charge < -0.3 is 14.5 Å². The van der Waals surface area contributed by atoms with Crippen LogP contribution in [0.15, 0.2) is 42.6 Å². The van der Waals surface area contributed by atoms with Crippen LogP contribution in [0.25, 0.3) is 11.1 Å². The second kappa shape index (κ2) is 12.2. The molecule has 4 rings (SSSR count). The Kier molecular flexibility index (Phi) is 9.01. The van der Waals surface area contributed by atoms with Gasteiger partial charge in [0.25, 0.3) is 0 Å². The molecule has 0 unspecified atom stereocenters. The van der Waals surface area contributed by atoms with Gasteiger partial charge in [-0.05, 0) is 51.0 Å². The largest absolute Gasteiger partial charge is 0.444 e. The molecule has 0 N–H and O–H groups in total. The average Bonchev–Trinajstić information content (AvgIpc) is 3.55. The molecule has 8 nitrogen and oxygen atoms in total. The summed E-state index contributed by atoms with van der Waals surface area (Å²) in [7, 11) is 1.53. The van der Waals surface area contributed by atoms with Gasteiger partial charge in [0.1, 0.15) is 22.4 Å². The van der Waals surface area contributed by atoms with Crippen LogP contribution >= 0.6 is 11.3 Å². The smallest absolute Gasteiger partial charge is 0.435 e. The molecule has 13 heteroatoms. The zero-order valence-corrected chi connectivity index (χ0v) is 25.1. The highest BCUT2D eigenvalue weighted by Crippen LogP contribution is 2.45. The number of nitrogens with zero attached hydrogens (tertiary/aromatic N) is 5.